The Morgan fingerprint density at radius 1 is 0.943 bits per heavy atom. The van der Waals surface area contributed by atoms with Crippen molar-refractivity contribution >= 4 is 20.6 Å². The van der Waals surface area contributed by atoms with Crippen LogP contribution in [0.5, 0.6) is 5.75 Å². The minimum Gasteiger partial charge on any atom is -0.489 e. The van der Waals surface area contributed by atoms with Crippen LogP contribution in [0.4, 0.5) is 4.79 Å². The Bertz CT molecular complexity index is 1800. The molecule has 2 aromatic heterocycles. The molecule has 0 spiro atoms. The molecule has 53 heavy (non-hydrogen) atoms. The first-order valence-electron chi connectivity index (χ1n) is 18.4. The van der Waals surface area contributed by atoms with Gasteiger partial charge in [0.1, 0.15) is 23.7 Å². The summed E-state index contributed by atoms with van der Waals surface area (Å²) in [6.45, 7) is 25.8. The second-order valence-electron chi connectivity index (χ2n) is 15.9. The quantitative estimate of drug-likeness (QED) is 0.127. The van der Waals surface area contributed by atoms with Crippen molar-refractivity contribution in [1.29, 1.82) is 0 Å². The van der Waals surface area contributed by atoms with Crippen LogP contribution in [-0.4, -0.2) is 54.1 Å². The Kier molecular flexibility index (Phi) is 15.3. The van der Waals surface area contributed by atoms with E-state index in [1.165, 1.54) is 11.1 Å². The number of rotatable bonds is 14. The van der Waals surface area contributed by atoms with Gasteiger partial charge in [-0.15, -0.1) is 0 Å². The Balaban J connectivity index is 0.00000243. The number of hydrogen-bond donors (Lipinski definition) is 1. The predicted molar refractivity (Wildman–Crippen MR) is 211 cm³/mol. The van der Waals surface area contributed by atoms with E-state index in [1.54, 1.807) is 12.4 Å². The van der Waals surface area contributed by atoms with Crippen molar-refractivity contribution in [1.82, 2.24) is 20.1 Å². The number of pyridine rings is 1. The maximum atomic E-state index is 12.3. The van der Waals surface area contributed by atoms with Crippen molar-refractivity contribution in [2.24, 2.45) is 0 Å². The van der Waals surface area contributed by atoms with Gasteiger partial charge < -0.3 is 19.2 Å². The monoisotopic (exact) mass is 742 g/mol. The summed E-state index contributed by atoms with van der Waals surface area (Å²) >= 11 is 0. The van der Waals surface area contributed by atoms with Crippen LogP contribution in [0.2, 0.25) is 18.1 Å². The number of amides is 1. The number of ether oxygens (including phenoxy) is 2. The lowest BCUT2D eigenvalue weighted by atomic mass is 9.94. The van der Waals surface area contributed by atoms with Gasteiger partial charge >= 0.3 is 12.2 Å². The zero-order chi connectivity index (χ0) is 39.4. The van der Waals surface area contributed by atoms with Crippen LogP contribution in [0.25, 0.3) is 22.4 Å². The van der Waals surface area contributed by atoms with Gasteiger partial charge in [0.15, 0.2) is 8.32 Å². The second-order valence-corrected chi connectivity index (χ2v) is 20.7. The van der Waals surface area contributed by atoms with E-state index >= 15 is 0 Å². The van der Waals surface area contributed by atoms with Crippen LogP contribution in [0.15, 0.2) is 67.0 Å². The van der Waals surface area contributed by atoms with Gasteiger partial charge in [-0.3, -0.25) is 9.67 Å². The molecule has 2 heterocycles. The molecular formula is C42H58N4O6Si. The van der Waals surface area contributed by atoms with E-state index in [0.29, 0.717) is 25.6 Å². The van der Waals surface area contributed by atoms with Crippen molar-refractivity contribution in [3.8, 4) is 28.1 Å². The van der Waals surface area contributed by atoms with Crippen LogP contribution in [-0.2, 0) is 44.7 Å². The lowest BCUT2D eigenvalue weighted by molar-refractivity contribution is -0.191. The fourth-order valence-electron chi connectivity index (χ4n) is 5.68. The van der Waals surface area contributed by atoms with Crippen LogP contribution in [0.1, 0.15) is 90.6 Å². The van der Waals surface area contributed by atoms with Gasteiger partial charge in [-0.2, -0.15) is 14.7 Å². The van der Waals surface area contributed by atoms with Gasteiger partial charge in [-0.1, -0.05) is 71.9 Å². The highest BCUT2D eigenvalue weighted by molar-refractivity contribution is 6.74. The Morgan fingerprint density at radius 3 is 2.15 bits per heavy atom. The van der Waals surface area contributed by atoms with Crippen LogP contribution >= 0.6 is 0 Å². The molecule has 0 radical (unpaired) electrons. The fraction of sp³-hybridized carbons (Fsp3) is 0.476. The summed E-state index contributed by atoms with van der Waals surface area (Å²) in [5.74, 6) is 1.25. The Morgan fingerprint density at radius 2 is 1.58 bits per heavy atom. The third-order valence-electron chi connectivity index (χ3n) is 9.36. The van der Waals surface area contributed by atoms with Crippen LogP contribution in [0, 0.1) is 0 Å². The average Bonchev–Trinajstić information content (AvgIpc) is 3.45. The third-order valence-corrected chi connectivity index (χ3v) is 13.9. The topological polar surface area (TPSA) is 122 Å². The van der Waals surface area contributed by atoms with Gasteiger partial charge in [0.25, 0.3) is 0 Å². The van der Waals surface area contributed by atoms with Crippen molar-refractivity contribution in [2.45, 2.75) is 118 Å². The average molecular weight is 743 g/mol. The van der Waals surface area contributed by atoms with Gasteiger partial charge in [0.2, 0.25) is 0 Å². The standard InChI is InChI=1S/C41H58N4O4Si.CO2/c1-12-36-37(38(32-19-22-42-23-20-32)44-45(36)25-24-43-39(46)49-40(4,5)6)31-14-16-34(17-15-31)47-28-30-13-18-35(29(2)3)33(27-30)21-26-48-50(10,11)41(7,8)9;2-1-3/h13-20,22-23,27,29H,12,21,24-26,28H2,1-11H3,(H,43,46);. The summed E-state index contributed by atoms with van der Waals surface area (Å²) in [7, 11) is -1.80. The number of hydrogen-bond acceptors (Lipinski definition) is 8. The molecule has 0 fully saturated rings. The number of carbonyl (C=O) groups excluding carboxylic acids is 3. The van der Waals surface area contributed by atoms with Crippen LogP contribution < -0.4 is 10.1 Å². The first-order valence-corrected chi connectivity index (χ1v) is 21.3. The van der Waals surface area contributed by atoms with Crippen LogP contribution in [0.3, 0.4) is 0 Å². The minimum atomic E-state index is -1.80. The van der Waals surface area contributed by atoms with Gasteiger partial charge in [-0.25, -0.2) is 4.79 Å². The molecule has 0 aliphatic carbocycles. The molecule has 0 atom stereocenters. The van der Waals surface area contributed by atoms with Gasteiger partial charge in [-0.05, 0) is 104 Å². The molecule has 0 aliphatic rings. The molecule has 286 valence electrons. The molecule has 0 saturated heterocycles. The van der Waals surface area contributed by atoms with Gasteiger partial charge in [0.05, 0.1) is 6.54 Å². The van der Waals surface area contributed by atoms with E-state index in [9.17, 15) is 4.79 Å². The maximum absolute atomic E-state index is 12.3. The summed E-state index contributed by atoms with van der Waals surface area (Å²) in [5.41, 5.74) is 8.38. The van der Waals surface area contributed by atoms with Crippen molar-refractivity contribution in [2.75, 3.05) is 13.2 Å². The number of aromatic nitrogens is 3. The van der Waals surface area contributed by atoms with Gasteiger partial charge in [0, 0.05) is 42.4 Å². The first kappa shape index (κ1) is 42.8. The molecule has 1 N–H and O–H groups in total. The summed E-state index contributed by atoms with van der Waals surface area (Å²) in [6.07, 6.45) is 5.05. The van der Waals surface area contributed by atoms with Crippen molar-refractivity contribution in [3.05, 3.63) is 89.4 Å². The molecule has 0 unspecified atom stereocenters. The van der Waals surface area contributed by atoms with E-state index in [2.05, 4.69) is 95.3 Å². The SMILES string of the molecule is CCc1c(-c2ccc(OCc3ccc(C(C)C)c(CCO[Si](C)(C)C(C)(C)C)c3)cc2)c(-c2ccncc2)nn1CCNC(=O)OC(C)(C)C.O=C=O. The zero-order valence-corrected chi connectivity index (χ0v) is 34.5. The Labute approximate surface area is 316 Å². The highest BCUT2D eigenvalue weighted by Gasteiger charge is 2.37. The van der Waals surface area contributed by atoms with E-state index in [4.69, 9.17) is 28.6 Å². The largest absolute Gasteiger partial charge is 0.489 e. The molecule has 0 saturated carbocycles. The molecule has 4 aromatic rings. The second kappa shape index (κ2) is 19.0. The Hall–Kier alpha value is -4.57. The number of nitrogens with zero attached hydrogens (tertiary/aromatic N) is 3. The molecule has 4 rings (SSSR count). The van der Waals surface area contributed by atoms with Crippen molar-refractivity contribution < 1.29 is 28.3 Å². The third kappa shape index (κ3) is 12.5. The van der Waals surface area contributed by atoms with E-state index in [-0.39, 0.29) is 11.2 Å². The minimum absolute atomic E-state index is 0.193. The summed E-state index contributed by atoms with van der Waals surface area (Å²) < 4.78 is 20.3. The molecule has 10 nitrogen and oxygen atoms in total. The lowest BCUT2D eigenvalue weighted by Crippen LogP contribution is -2.41. The molecular weight excluding hydrogens is 685 g/mol. The molecule has 0 aliphatic heterocycles. The number of carbonyl (C=O) groups is 1. The summed E-state index contributed by atoms with van der Waals surface area (Å²) in [4.78, 5) is 32.7. The fourth-order valence-corrected chi connectivity index (χ4v) is 6.73. The molecule has 11 heteroatoms. The lowest BCUT2D eigenvalue weighted by Gasteiger charge is -2.36. The maximum Gasteiger partial charge on any atom is 0.407 e. The summed E-state index contributed by atoms with van der Waals surface area (Å²) in [5, 5.41) is 8.09. The van der Waals surface area contributed by atoms with E-state index in [0.717, 1.165) is 58.8 Å². The summed E-state index contributed by atoms with van der Waals surface area (Å²) in [6, 6.07) is 18.9. The normalized spacial score (nSPS) is 11.8. The van der Waals surface area contributed by atoms with Crippen molar-refractivity contribution in [3.63, 3.8) is 0 Å². The molecule has 2 aromatic carbocycles. The number of benzene rings is 2. The molecule has 0 bridgehead atoms. The van der Waals surface area contributed by atoms with E-state index < -0.39 is 20.0 Å². The number of nitrogens with one attached hydrogen (secondary N) is 1. The zero-order valence-electron chi connectivity index (χ0n) is 33.5. The van der Waals surface area contributed by atoms with E-state index in [1.807, 2.05) is 49.7 Å². The highest BCUT2D eigenvalue weighted by atomic mass is 28.4. The predicted octanol–water partition coefficient (Wildman–Crippen LogP) is 9.38. The number of alkyl carbamates (subject to hydrolysis) is 1. The highest BCUT2D eigenvalue weighted by Crippen LogP contribution is 2.37. The first-order chi connectivity index (χ1) is 24.9. The molecule has 1 amide bonds. The smallest absolute Gasteiger partial charge is 0.407 e.